The van der Waals surface area contributed by atoms with Crippen molar-refractivity contribution in [2.45, 2.75) is 39.5 Å². The fraction of sp³-hybridized carbons (Fsp3) is 0.650. The van der Waals surface area contributed by atoms with Crippen molar-refractivity contribution in [2.24, 2.45) is 10.9 Å². The molecule has 0 heterocycles. The summed E-state index contributed by atoms with van der Waals surface area (Å²) in [5.41, 5.74) is 1.06. The van der Waals surface area contributed by atoms with Gasteiger partial charge >= 0.3 is 0 Å². The van der Waals surface area contributed by atoms with Crippen LogP contribution in [-0.4, -0.2) is 47.4 Å². The Kier molecular flexibility index (Phi) is 10.4. The minimum Gasteiger partial charge on any atom is -0.493 e. The molecule has 1 aromatic carbocycles. The van der Waals surface area contributed by atoms with Crippen LogP contribution in [0.4, 0.5) is 0 Å². The Morgan fingerprint density at radius 1 is 0.962 bits per heavy atom. The standard InChI is InChI=1S/C20H35N3O3/c1-15(2)9-7-8-13-22-20(21-3)23-14-12-16-10-11-17(24-4)19(26-6)18(16)25-5/h10-11,15H,7-9,12-14H2,1-6H3,(H2,21,22,23). The summed E-state index contributed by atoms with van der Waals surface area (Å²) >= 11 is 0. The molecular weight excluding hydrogens is 330 g/mol. The maximum Gasteiger partial charge on any atom is 0.203 e. The topological polar surface area (TPSA) is 64.1 Å². The highest BCUT2D eigenvalue weighted by Gasteiger charge is 2.15. The molecule has 0 saturated heterocycles. The smallest absolute Gasteiger partial charge is 0.203 e. The van der Waals surface area contributed by atoms with Gasteiger partial charge in [-0.25, -0.2) is 0 Å². The van der Waals surface area contributed by atoms with E-state index >= 15 is 0 Å². The predicted octanol–water partition coefficient (Wildman–Crippen LogP) is 3.25. The van der Waals surface area contributed by atoms with Crippen molar-refractivity contribution in [3.63, 3.8) is 0 Å². The number of rotatable bonds is 11. The van der Waals surface area contributed by atoms with Crippen molar-refractivity contribution < 1.29 is 14.2 Å². The number of nitrogens with zero attached hydrogens (tertiary/aromatic N) is 1. The Balaban J connectivity index is 2.50. The van der Waals surface area contributed by atoms with Gasteiger partial charge in [-0.2, -0.15) is 0 Å². The van der Waals surface area contributed by atoms with Crippen LogP contribution in [0.3, 0.4) is 0 Å². The summed E-state index contributed by atoms with van der Waals surface area (Å²) in [7, 11) is 6.68. The average Bonchev–Trinajstić information content (AvgIpc) is 2.65. The van der Waals surface area contributed by atoms with Gasteiger partial charge in [-0.05, 0) is 24.8 Å². The second kappa shape index (κ2) is 12.3. The van der Waals surface area contributed by atoms with Gasteiger partial charge in [-0.3, -0.25) is 4.99 Å². The largest absolute Gasteiger partial charge is 0.493 e. The van der Waals surface area contributed by atoms with Gasteiger partial charge < -0.3 is 24.8 Å². The Morgan fingerprint density at radius 3 is 2.23 bits per heavy atom. The van der Waals surface area contributed by atoms with Crippen LogP contribution in [-0.2, 0) is 6.42 Å². The maximum absolute atomic E-state index is 5.53. The molecule has 2 N–H and O–H groups in total. The van der Waals surface area contributed by atoms with Crippen molar-refractivity contribution in [3.05, 3.63) is 17.7 Å². The van der Waals surface area contributed by atoms with E-state index in [4.69, 9.17) is 14.2 Å². The van der Waals surface area contributed by atoms with E-state index < -0.39 is 0 Å². The van der Waals surface area contributed by atoms with Crippen LogP contribution in [0.15, 0.2) is 17.1 Å². The zero-order valence-electron chi connectivity index (χ0n) is 17.1. The molecule has 1 rings (SSSR count). The lowest BCUT2D eigenvalue weighted by atomic mass is 10.1. The molecule has 0 fully saturated rings. The summed E-state index contributed by atoms with van der Waals surface area (Å²) in [6.07, 6.45) is 4.46. The van der Waals surface area contributed by atoms with Crippen LogP contribution in [0, 0.1) is 5.92 Å². The highest BCUT2D eigenvalue weighted by molar-refractivity contribution is 5.79. The number of hydrogen-bond acceptors (Lipinski definition) is 4. The van der Waals surface area contributed by atoms with Gasteiger partial charge in [0.2, 0.25) is 5.75 Å². The highest BCUT2D eigenvalue weighted by atomic mass is 16.5. The van der Waals surface area contributed by atoms with E-state index in [0.717, 1.165) is 43.4 Å². The molecule has 0 saturated carbocycles. The van der Waals surface area contributed by atoms with Crippen LogP contribution in [0.2, 0.25) is 0 Å². The molecule has 0 bridgehead atoms. The van der Waals surface area contributed by atoms with Gasteiger partial charge in [0.15, 0.2) is 17.5 Å². The van der Waals surface area contributed by atoms with E-state index in [-0.39, 0.29) is 0 Å². The minimum absolute atomic E-state index is 0.625. The van der Waals surface area contributed by atoms with E-state index in [1.165, 1.54) is 12.8 Å². The van der Waals surface area contributed by atoms with E-state index in [1.54, 1.807) is 28.4 Å². The number of benzene rings is 1. The quantitative estimate of drug-likeness (QED) is 0.358. The number of hydrogen-bond donors (Lipinski definition) is 2. The molecular formula is C20H35N3O3. The second-order valence-corrected chi connectivity index (χ2v) is 6.56. The van der Waals surface area contributed by atoms with E-state index in [1.807, 2.05) is 12.1 Å². The number of nitrogens with one attached hydrogen (secondary N) is 2. The van der Waals surface area contributed by atoms with Crippen LogP contribution in [0.25, 0.3) is 0 Å². The molecule has 0 spiro atoms. The molecule has 0 amide bonds. The molecule has 0 aromatic heterocycles. The number of aliphatic imine (C=N–C) groups is 1. The van der Waals surface area contributed by atoms with Crippen LogP contribution < -0.4 is 24.8 Å². The Hall–Kier alpha value is -2.11. The summed E-state index contributed by atoms with van der Waals surface area (Å²) in [5.74, 6) is 3.60. The molecule has 148 valence electrons. The maximum atomic E-state index is 5.53. The summed E-state index contributed by atoms with van der Waals surface area (Å²) in [6, 6.07) is 3.91. The van der Waals surface area contributed by atoms with E-state index in [9.17, 15) is 0 Å². The monoisotopic (exact) mass is 365 g/mol. The lowest BCUT2D eigenvalue weighted by Crippen LogP contribution is -2.38. The van der Waals surface area contributed by atoms with Gasteiger partial charge in [-0.1, -0.05) is 32.8 Å². The van der Waals surface area contributed by atoms with Crippen LogP contribution in [0.1, 0.15) is 38.7 Å². The lowest BCUT2D eigenvalue weighted by Gasteiger charge is -2.16. The van der Waals surface area contributed by atoms with E-state index in [2.05, 4.69) is 29.5 Å². The Morgan fingerprint density at radius 2 is 1.65 bits per heavy atom. The van der Waals surface area contributed by atoms with Crippen LogP contribution in [0.5, 0.6) is 17.2 Å². The first kappa shape index (κ1) is 21.9. The van der Waals surface area contributed by atoms with Crippen molar-refractivity contribution in [1.29, 1.82) is 0 Å². The number of ether oxygens (including phenoxy) is 3. The molecule has 0 aliphatic heterocycles. The average molecular weight is 366 g/mol. The van der Waals surface area contributed by atoms with Gasteiger partial charge in [-0.15, -0.1) is 0 Å². The van der Waals surface area contributed by atoms with Crippen LogP contribution >= 0.6 is 0 Å². The van der Waals surface area contributed by atoms with Gasteiger partial charge in [0.1, 0.15) is 0 Å². The van der Waals surface area contributed by atoms with Crippen molar-refractivity contribution in [3.8, 4) is 17.2 Å². The van der Waals surface area contributed by atoms with Crippen molar-refractivity contribution in [2.75, 3.05) is 41.5 Å². The Bertz CT molecular complexity index is 559. The summed E-state index contributed by atoms with van der Waals surface area (Å²) in [4.78, 5) is 4.27. The summed E-state index contributed by atoms with van der Waals surface area (Å²) < 4.78 is 16.3. The van der Waals surface area contributed by atoms with Crippen molar-refractivity contribution >= 4 is 5.96 Å². The highest BCUT2D eigenvalue weighted by Crippen LogP contribution is 2.39. The number of unbranched alkanes of at least 4 members (excludes halogenated alkanes) is 1. The number of methoxy groups -OCH3 is 3. The van der Waals surface area contributed by atoms with Gasteiger partial charge in [0.05, 0.1) is 21.3 Å². The van der Waals surface area contributed by atoms with E-state index in [0.29, 0.717) is 17.2 Å². The molecule has 0 aliphatic carbocycles. The first-order chi connectivity index (χ1) is 12.6. The molecule has 0 radical (unpaired) electrons. The fourth-order valence-corrected chi connectivity index (χ4v) is 2.78. The molecule has 26 heavy (non-hydrogen) atoms. The molecule has 6 heteroatoms. The third-order valence-electron chi connectivity index (χ3n) is 4.20. The summed E-state index contributed by atoms with van der Waals surface area (Å²) in [5, 5.41) is 6.71. The lowest BCUT2D eigenvalue weighted by molar-refractivity contribution is 0.322. The molecule has 1 aromatic rings. The normalized spacial score (nSPS) is 11.4. The number of guanidine groups is 1. The zero-order valence-corrected chi connectivity index (χ0v) is 17.1. The summed E-state index contributed by atoms with van der Waals surface area (Å²) in [6.45, 7) is 6.20. The second-order valence-electron chi connectivity index (χ2n) is 6.56. The molecule has 6 nitrogen and oxygen atoms in total. The van der Waals surface area contributed by atoms with Gasteiger partial charge in [0.25, 0.3) is 0 Å². The zero-order chi connectivity index (χ0) is 19.4. The first-order valence-electron chi connectivity index (χ1n) is 9.29. The van der Waals surface area contributed by atoms with Crippen molar-refractivity contribution in [1.82, 2.24) is 10.6 Å². The molecule has 0 atom stereocenters. The Labute approximate surface area is 158 Å². The first-order valence-corrected chi connectivity index (χ1v) is 9.29. The van der Waals surface area contributed by atoms with Gasteiger partial charge in [0, 0.05) is 25.7 Å². The predicted molar refractivity (Wildman–Crippen MR) is 108 cm³/mol. The molecule has 0 unspecified atom stereocenters. The molecule has 0 aliphatic rings. The minimum atomic E-state index is 0.625. The third-order valence-corrected chi connectivity index (χ3v) is 4.20. The SMILES string of the molecule is CN=C(NCCCCC(C)C)NCCc1ccc(OC)c(OC)c1OC. The fourth-order valence-electron chi connectivity index (χ4n) is 2.78. The third kappa shape index (κ3) is 7.02.